The van der Waals surface area contributed by atoms with E-state index in [0.717, 1.165) is 6.07 Å². The number of halogens is 3. The topological polar surface area (TPSA) is 67.4 Å². The molecule has 0 aliphatic carbocycles. The largest absolute Gasteiger partial charge is 0.494 e. The second-order valence-electron chi connectivity index (χ2n) is 4.80. The first-order valence-corrected chi connectivity index (χ1v) is 7.49. The van der Waals surface area contributed by atoms with Crippen LogP contribution in [-0.4, -0.2) is 18.9 Å². The van der Waals surface area contributed by atoms with Crippen molar-refractivity contribution in [2.45, 2.75) is 6.92 Å². The summed E-state index contributed by atoms with van der Waals surface area (Å²) in [6.45, 7) is 1.32. The number of carbonyl (C=O) groups is 2. The average Bonchev–Trinajstić information content (AvgIpc) is 2.49. The van der Waals surface area contributed by atoms with Gasteiger partial charge in [-0.15, -0.1) is 0 Å². The highest BCUT2D eigenvalue weighted by Crippen LogP contribution is 2.34. The molecule has 0 fully saturated rings. The third kappa shape index (κ3) is 4.15. The molecule has 2 aromatic carbocycles. The number of amides is 2. The van der Waals surface area contributed by atoms with Crippen molar-refractivity contribution in [1.29, 1.82) is 0 Å². The summed E-state index contributed by atoms with van der Waals surface area (Å²) in [6, 6.07) is 6.54. The lowest BCUT2D eigenvalue weighted by Crippen LogP contribution is -2.14. The molecule has 0 bridgehead atoms. The fourth-order valence-corrected chi connectivity index (χ4v) is 2.62. The standard InChI is InChI=1S/C16H13Cl2FN2O3/c1-8(22)20-10-3-4-13(19)14(7-10)21-16(23)9-5-11(17)15(24-2)12(18)6-9/h3-7H,1-2H3,(H,20,22)(H,21,23). The van der Waals surface area contributed by atoms with Gasteiger partial charge in [-0.2, -0.15) is 0 Å². The molecule has 24 heavy (non-hydrogen) atoms. The van der Waals surface area contributed by atoms with Gasteiger partial charge in [0.05, 0.1) is 22.8 Å². The van der Waals surface area contributed by atoms with Gasteiger partial charge >= 0.3 is 0 Å². The highest BCUT2D eigenvalue weighted by atomic mass is 35.5. The molecule has 0 aliphatic rings. The van der Waals surface area contributed by atoms with E-state index in [0.29, 0.717) is 5.69 Å². The van der Waals surface area contributed by atoms with Gasteiger partial charge in [-0.05, 0) is 30.3 Å². The Morgan fingerprint density at radius 3 is 2.25 bits per heavy atom. The minimum absolute atomic E-state index is 0.0886. The minimum atomic E-state index is -0.650. The Hall–Kier alpha value is -2.31. The van der Waals surface area contributed by atoms with Crippen molar-refractivity contribution in [2.24, 2.45) is 0 Å². The molecule has 0 heterocycles. The Kier molecular flexibility index (Phi) is 5.64. The summed E-state index contributed by atoms with van der Waals surface area (Å²) in [5, 5.41) is 5.22. The van der Waals surface area contributed by atoms with Crippen LogP contribution in [0, 0.1) is 5.82 Å². The zero-order chi connectivity index (χ0) is 17.9. The van der Waals surface area contributed by atoms with Gasteiger partial charge in [-0.25, -0.2) is 4.39 Å². The molecular formula is C16H13Cl2FN2O3. The van der Waals surface area contributed by atoms with Gasteiger partial charge in [0.25, 0.3) is 5.91 Å². The van der Waals surface area contributed by atoms with E-state index in [2.05, 4.69) is 10.6 Å². The number of methoxy groups -OCH3 is 1. The first-order chi connectivity index (χ1) is 11.3. The first-order valence-electron chi connectivity index (χ1n) is 6.73. The molecule has 126 valence electrons. The molecule has 0 aromatic heterocycles. The highest BCUT2D eigenvalue weighted by Gasteiger charge is 2.15. The Morgan fingerprint density at radius 1 is 1.08 bits per heavy atom. The van der Waals surface area contributed by atoms with Crippen LogP contribution in [0.4, 0.5) is 15.8 Å². The van der Waals surface area contributed by atoms with E-state index in [4.69, 9.17) is 27.9 Å². The van der Waals surface area contributed by atoms with Crippen LogP contribution in [0.2, 0.25) is 10.0 Å². The lowest BCUT2D eigenvalue weighted by molar-refractivity contribution is -0.114. The molecule has 0 saturated carbocycles. The molecule has 0 spiro atoms. The van der Waals surface area contributed by atoms with Gasteiger partial charge < -0.3 is 15.4 Å². The molecule has 2 amide bonds. The molecule has 5 nitrogen and oxygen atoms in total. The number of benzene rings is 2. The van der Waals surface area contributed by atoms with Crippen molar-refractivity contribution in [3.63, 3.8) is 0 Å². The first kappa shape index (κ1) is 18.0. The van der Waals surface area contributed by atoms with Crippen LogP contribution in [0.25, 0.3) is 0 Å². The van der Waals surface area contributed by atoms with Gasteiger partial charge in [0.1, 0.15) is 5.82 Å². The average molecular weight is 371 g/mol. The molecule has 8 heteroatoms. The monoisotopic (exact) mass is 370 g/mol. The molecule has 2 rings (SSSR count). The van der Waals surface area contributed by atoms with Crippen molar-refractivity contribution in [3.8, 4) is 5.75 Å². The van der Waals surface area contributed by atoms with Gasteiger partial charge in [-0.1, -0.05) is 23.2 Å². The van der Waals surface area contributed by atoms with Crippen LogP contribution in [0.5, 0.6) is 5.75 Å². The van der Waals surface area contributed by atoms with Crippen LogP contribution in [0.1, 0.15) is 17.3 Å². The predicted octanol–water partition coefficient (Wildman–Crippen LogP) is 4.35. The normalized spacial score (nSPS) is 10.2. The molecule has 0 unspecified atom stereocenters. The Balaban J connectivity index is 2.28. The molecule has 0 atom stereocenters. The summed E-state index contributed by atoms with van der Waals surface area (Å²) in [4.78, 5) is 23.3. The molecule has 2 aromatic rings. The van der Waals surface area contributed by atoms with Crippen molar-refractivity contribution in [1.82, 2.24) is 0 Å². The Labute approximate surface area is 147 Å². The van der Waals surface area contributed by atoms with Gasteiger partial charge in [0.15, 0.2) is 5.75 Å². The second-order valence-corrected chi connectivity index (χ2v) is 5.62. The van der Waals surface area contributed by atoms with Crippen LogP contribution in [-0.2, 0) is 4.79 Å². The van der Waals surface area contributed by atoms with Crippen LogP contribution in [0.3, 0.4) is 0 Å². The van der Waals surface area contributed by atoms with Gasteiger partial charge in [0.2, 0.25) is 5.91 Å². The van der Waals surface area contributed by atoms with Crippen LogP contribution >= 0.6 is 23.2 Å². The van der Waals surface area contributed by atoms with E-state index in [1.165, 1.54) is 38.3 Å². The summed E-state index contributed by atoms with van der Waals surface area (Å²) in [7, 11) is 1.40. The number of hydrogen-bond donors (Lipinski definition) is 2. The minimum Gasteiger partial charge on any atom is -0.494 e. The van der Waals surface area contributed by atoms with Crippen LogP contribution in [0.15, 0.2) is 30.3 Å². The summed E-state index contributed by atoms with van der Waals surface area (Å²) < 4.78 is 18.9. The number of rotatable bonds is 4. The predicted molar refractivity (Wildman–Crippen MR) is 91.7 cm³/mol. The SMILES string of the molecule is COc1c(Cl)cc(C(=O)Nc2cc(NC(C)=O)ccc2F)cc1Cl. The number of ether oxygens (including phenoxy) is 1. The third-order valence-electron chi connectivity index (χ3n) is 3.00. The van der Waals surface area contributed by atoms with E-state index in [1.54, 1.807) is 0 Å². The van der Waals surface area contributed by atoms with Gasteiger partial charge in [0, 0.05) is 18.2 Å². The van der Waals surface area contributed by atoms with E-state index in [-0.39, 0.29) is 33.0 Å². The highest BCUT2D eigenvalue weighted by molar-refractivity contribution is 6.37. The second kappa shape index (κ2) is 7.51. The van der Waals surface area contributed by atoms with Gasteiger partial charge in [-0.3, -0.25) is 9.59 Å². The van der Waals surface area contributed by atoms with E-state index >= 15 is 0 Å². The number of carbonyl (C=O) groups excluding carboxylic acids is 2. The van der Waals surface area contributed by atoms with E-state index < -0.39 is 11.7 Å². The molecule has 2 N–H and O–H groups in total. The Morgan fingerprint density at radius 2 is 1.71 bits per heavy atom. The van der Waals surface area contributed by atoms with Crippen molar-refractivity contribution in [2.75, 3.05) is 17.7 Å². The van der Waals surface area contributed by atoms with Crippen molar-refractivity contribution < 1.29 is 18.7 Å². The van der Waals surface area contributed by atoms with Crippen LogP contribution < -0.4 is 15.4 Å². The number of hydrogen-bond acceptors (Lipinski definition) is 3. The van der Waals surface area contributed by atoms with Crippen molar-refractivity contribution in [3.05, 3.63) is 51.8 Å². The number of anilines is 2. The summed E-state index contributed by atoms with van der Waals surface area (Å²) in [5.74, 6) is -1.33. The fourth-order valence-electron chi connectivity index (χ4n) is 1.98. The lowest BCUT2D eigenvalue weighted by Gasteiger charge is -2.11. The lowest BCUT2D eigenvalue weighted by atomic mass is 10.2. The quantitative estimate of drug-likeness (QED) is 0.840. The maximum atomic E-state index is 13.9. The molecule has 0 aliphatic heterocycles. The molecular weight excluding hydrogens is 358 g/mol. The van der Waals surface area contributed by atoms with E-state index in [1.807, 2.05) is 0 Å². The summed E-state index contributed by atoms with van der Waals surface area (Å²) in [6.07, 6.45) is 0. The smallest absolute Gasteiger partial charge is 0.255 e. The maximum absolute atomic E-state index is 13.9. The third-order valence-corrected chi connectivity index (χ3v) is 3.56. The number of nitrogens with one attached hydrogen (secondary N) is 2. The Bertz CT molecular complexity index is 789. The molecule has 0 radical (unpaired) electrons. The van der Waals surface area contributed by atoms with E-state index in [9.17, 15) is 14.0 Å². The summed E-state index contributed by atoms with van der Waals surface area (Å²) in [5.41, 5.74) is 0.398. The fraction of sp³-hybridized carbons (Fsp3) is 0.125. The summed E-state index contributed by atoms with van der Waals surface area (Å²) >= 11 is 12.0. The van der Waals surface area contributed by atoms with Crippen molar-refractivity contribution >= 4 is 46.4 Å². The zero-order valence-corrected chi connectivity index (χ0v) is 14.3. The maximum Gasteiger partial charge on any atom is 0.255 e. The zero-order valence-electron chi connectivity index (χ0n) is 12.7. The molecule has 0 saturated heterocycles.